The van der Waals surface area contributed by atoms with Crippen LogP contribution < -0.4 is 15.7 Å². The van der Waals surface area contributed by atoms with Crippen LogP contribution in [0.2, 0.25) is 0 Å². The molecule has 116 valence electrons. The minimum atomic E-state index is -0.719. The highest BCUT2D eigenvalue weighted by Gasteiger charge is 2.17. The van der Waals surface area contributed by atoms with Crippen molar-refractivity contribution in [3.05, 3.63) is 46.8 Å². The summed E-state index contributed by atoms with van der Waals surface area (Å²) in [5.41, 5.74) is -0.0423. The van der Waals surface area contributed by atoms with Gasteiger partial charge in [0.1, 0.15) is 5.75 Å². The second-order valence-electron chi connectivity index (χ2n) is 5.80. The predicted octanol–water partition coefficient (Wildman–Crippen LogP) is 2.90. The smallest absolute Gasteiger partial charge is 0.415 e. The number of carbonyl (C=O) groups excluding carboxylic acids is 1. The number of hydrogen-bond donors (Lipinski definition) is 2. The molecule has 22 heavy (non-hydrogen) atoms. The first kappa shape index (κ1) is 15.6. The molecule has 0 saturated heterocycles. The highest BCUT2D eigenvalue weighted by Crippen LogP contribution is 2.25. The van der Waals surface area contributed by atoms with Crippen LogP contribution >= 0.6 is 0 Å². The van der Waals surface area contributed by atoms with Crippen molar-refractivity contribution in [3.63, 3.8) is 0 Å². The van der Waals surface area contributed by atoms with E-state index >= 15 is 0 Å². The van der Waals surface area contributed by atoms with Crippen LogP contribution in [0.1, 0.15) is 20.8 Å². The van der Waals surface area contributed by atoms with Gasteiger partial charge in [0.2, 0.25) is 0 Å². The van der Waals surface area contributed by atoms with E-state index in [9.17, 15) is 14.7 Å². The van der Waals surface area contributed by atoms with Gasteiger partial charge in [-0.2, -0.15) is 0 Å². The maximum Gasteiger partial charge on any atom is 0.415 e. The first-order chi connectivity index (χ1) is 10.2. The molecule has 2 rings (SSSR count). The number of rotatable bonds is 2. The number of nitrogens with one attached hydrogen (secondary N) is 1. The van der Waals surface area contributed by atoms with Crippen LogP contribution in [0.25, 0.3) is 11.1 Å². The number of phenols is 1. The van der Waals surface area contributed by atoms with Gasteiger partial charge in [-0.1, -0.05) is 12.1 Å². The molecule has 0 bridgehead atoms. The van der Waals surface area contributed by atoms with Crippen molar-refractivity contribution < 1.29 is 19.1 Å². The molecule has 1 heterocycles. The Morgan fingerprint density at radius 2 is 1.91 bits per heavy atom. The average molecular weight is 303 g/mol. The second-order valence-corrected chi connectivity index (χ2v) is 5.80. The third-order valence-corrected chi connectivity index (χ3v) is 2.60. The number of phenolic OH excluding ortho intramolecular Hbond substituents is 1. The van der Waals surface area contributed by atoms with Crippen LogP contribution in [0.5, 0.6) is 11.7 Å². The van der Waals surface area contributed by atoms with E-state index in [-0.39, 0.29) is 11.7 Å². The predicted molar refractivity (Wildman–Crippen MR) is 81.0 cm³/mol. The van der Waals surface area contributed by atoms with Gasteiger partial charge in [-0.3, -0.25) is 0 Å². The van der Waals surface area contributed by atoms with Crippen molar-refractivity contribution in [1.29, 1.82) is 0 Å². The molecular weight excluding hydrogens is 286 g/mol. The molecule has 0 fully saturated rings. The summed E-state index contributed by atoms with van der Waals surface area (Å²) in [5.74, 6) is -0.147. The minimum absolute atomic E-state index is 0.0682. The Morgan fingerprint density at radius 1 is 1.18 bits per heavy atom. The Bertz CT molecular complexity index is 743. The summed E-state index contributed by atoms with van der Waals surface area (Å²) < 4.78 is 9.84. The fourth-order valence-corrected chi connectivity index (χ4v) is 1.78. The van der Waals surface area contributed by atoms with E-state index < -0.39 is 17.3 Å². The highest BCUT2D eigenvalue weighted by molar-refractivity contribution is 5.71. The SMILES string of the molecule is CC(C)(C)NC(=O)Oc1cc(-c2cccc(O)c2)cc(=O)o1. The number of carbonyl (C=O) groups is 1. The van der Waals surface area contributed by atoms with Gasteiger partial charge in [0.15, 0.2) is 0 Å². The average Bonchev–Trinajstić information content (AvgIpc) is 2.35. The van der Waals surface area contributed by atoms with Crippen LogP contribution in [-0.2, 0) is 0 Å². The summed E-state index contributed by atoms with van der Waals surface area (Å²) in [5, 5.41) is 12.1. The molecule has 0 unspecified atom stereocenters. The molecule has 1 amide bonds. The molecule has 0 aliphatic carbocycles. The quantitative estimate of drug-likeness (QED) is 0.890. The van der Waals surface area contributed by atoms with E-state index in [1.165, 1.54) is 24.3 Å². The molecule has 2 aromatic rings. The van der Waals surface area contributed by atoms with Gasteiger partial charge in [-0.05, 0) is 44.0 Å². The number of hydrogen-bond acceptors (Lipinski definition) is 5. The first-order valence-electron chi connectivity index (χ1n) is 6.67. The Balaban J connectivity index is 2.28. The Kier molecular flexibility index (Phi) is 4.21. The Hall–Kier alpha value is -2.76. The zero-order valence-electron chi connectivity index (χ0n) is 12.5. The van der Waals surface area contributed by atoms with E-state index in [1.807, 2.05) is 0 Å². The molecule has 0 aliphatic heterocycles. The molecule has 0 atom stereocenters. The lowest BCUT2D eigenvalue weighted by Gasteiger charge is -2.19. The number of aromatic hydroxyl groups is 1. The highest BCUT2D eigenvalue weighted by atomic mass is 16.6. The fourth-order valence-electron chi connectivity index (χ4n) is 1.78. The second kappa shape index (κ2) is 5.93. The van der Waals surface area contributed by atoms with Crippen molar-refractivity contribution in [2.75, 3.05) is 0 Å². The number of amides is 1. The van der Waals surface area contributed by atoms with E-state index in [2.05, 4.69) is 5.32 Å². The normalized spacial score (nSPS) is 11.0. The molecule has 1 aromatic heterocycles. The first-order valence-corrected chi connectivity index (χ1v) is 6.67. The molecule has 1 aromatic carbocycles. The van der Waals surface area contributed by atoms with Crippen molar-refractivity contribution in [3.8, 4) is 22.8 Å². The number of ether oxygens (including phenoxy) is 1. The summed E-state index contributed by atoms with van der Waals surface area (Å²) in [6.45, 7) is 5.40. The Morgan fingerprint density at radius 3 is 2.55 bits per heavy atom. The Labute approximate surface area is 127 Å². The van der Waals surface area contributed by atoms with Gasteiger partial charge >= 0.3 is 11.7 Å². The van der Waals surface area contributed by atoms with Gasteiger partial charge in [0, 0.05) is 17.7 Å². The molecule has 0 saturated carbocycles. The maximum absolute atomic E-state index is 11.7. The third-order valence-electron chi connectivity index (χ3n) is 2.60. The monoisotopic (exact) mass is 303 g/mol. The van der Waals surface area contributed by atoms with Crippen molar-refractivity contribution in [2.24, 2.45) is 0 Å². The third kappa shape index (κ3) is 4.37. The molecule has 0 aliphatic rings. The summed E-state index contributed by atoms with van der Waals surface area (Å²) in [4.78, 5) is 23.3. The lowest BCUT2D eigenvalue weighted by atomic mass is 10.1. The molecule has 2 N–H and O–H groups in total. The van der Waals surface area contributed by atoms with Crippen molar-refractivity contribution >= 4 is 6.09 Å². The molecule has 0 radical (unpaired) electrons. The van der Waals surface area contributed by atoms with E-state index in [4.69, 9.17) is 9.15 Å². The minimum Gasteiger partial charge on any atom is -0.508 e. The van der Waals surface area contributed by atoms with E-state index in [0.717, 1.165) is 0 Å². The van der Waals surface area contributed by atoms with Gasteiger partial charge in [0.05, 0.1) is 0 Å². The van der Waals surface area contributed by atoms with Crippen molar-refractivity contribution in [1.82, 2.24) is 5.32 Å². The standard InChI is InChI=1S/C16H17NO5/c1-16(2,3)17-15(20)22-14-9-11(8-13(19)21-14)10-5-4-6-12(18)7-10/h4-9,18H,1-3H3,(H,17,20). The van der Waals surface area contributed by atoms with Crippen LogP contribution in [0.3, 0.4) is 0 Å². The molecule has 6 nitrogen and oxygen atoms in total. The summed E-state index contributed by atoms with van der Waals surface area (Å²) in [6.07, 6.45) is -0.719. The van der Waals surface area contributed by atoms with E-state index in [1.54, 1.807) is 32.9 Å². The van der Waals surface area contributed by atoms with Gasteiger partial charge in [-0.25, -0.2) is 9.59 Å². The molecule has 6 heteroatoms. The number of benzene rings is 1. The van der Waals surface area contributed by atoms with Crippen molar-refractivity contribution in [2.45, 2.75) is 26.3 Å². The lowest BCUT2D eigenvalue weighted by molar-refractivity contribution is 0.175. The van der Waals surface area contributed by atoms with Gasteiger partial charge in [0.25, 0.3) is 5.95 Å². The maximum atomic E-state index is 11.7. The van der Waals surface area contributed by atoms with Gasteiger partial charge in [-0.15, -0.1) is 0 Å². The zero-order chi connectivity index (χ0) is 16.3. The fraction of sp³-hybridized carbons (Fsp3) is 0.250. The van der Waals surface area contributed by atoms with Gasteiger partial charge < -0.3 is 19.6 Å². The summed E-state index contributed by atoms with van der Waals surface area (Å²) in [6, 6.07) is 9.04. The van der Waals surface area contributed by atoms with Crippen LogP contribution in [0, 0.1) is 0 Å². The molecular formula is C16H17NO5. The van der Waals surface area contributed by atoms with E-state index in [0.29, 0.717) is 11.1 Å². The topological polar surface area (TPSA) is 88.8 Å². The van der Waals surface area contributed by atoms with Crippen LogP contribution in [-0.4, -0.2) is 16.7 Å². The zero-order valence-corrected chi connectivity index (χ0v) is 12.5. The summed E-state index contributed by atoms with van der Waals surface area (Å²) >= 11 is 0. The largest absolute Gasteiger partial charge is 0.508 e. The lowest BCUT2D eigenvalue weighted by Crippen LogP contribution is -2.42. The summed E-state index contributed by atoms with van der Waals surface area (Å²) in [7, 11) is 0. The van der Waals surface area contributed by atoms with Crippen LogP contribution in [0.4, 0.5) is 4.79 Å². The van der Waals surface area contributed by atoms with Crippen LogP contribution in [0.15, 0.2) is 45.6 Å². The molecule has 0 spiro atoms.